The van der Waals surface area contributed by atoms with E-state index in [9.17, 15) is 18.0 Å². The molecule has 0 saturated heterocycles. The number of nitrogens with one attached hydrogen (secondary N) is 1. The van der Waals surface area contributed by atoms with Crippen molar-refractivity contribution in [3.8, 4) is 0 Å². The van der Waals surface area contributed by atoms with E-state index in [1.807, 2.05) is 0 Å². The summed E-state index contributed by atoms with van der Waals surface area (Å²) >= 11 is 0.842. The molecule has 0 radical (unpaired) electrons. The summed E-state index contributed by atoms with van der Waals surface area (Å²) in [6.45, 7) is 1.67. The predicted octanol–water partition coefficient (Wildman–Crippen LogP) is 4.00. The zero-order chi connectivity index (χ0) is 15.6. The fourth-order valence-electron chi connectivity index (χ4n) is 1.68. The summed E-state index contributed by atoms with van der Waals surface area (Å²) in [6.07, 6.45) is -4.47. The van der Waals surface area contributed by atoms with Crippen molar-refractivity contribution < 1.29 is 22.7 Å². The summed E-state index contributed by atoms with van der Waals surface area (Å²) in [4.78, 5) is 15.0. The minimum absolute atomic E-state index is 0.104. The number of thiazole rings is 1. The molecule has 1 heterocycles. The number of hydrogen-bond donors (Lipinski definition) is 1. The van der Waals surface area contributed by atoms with Crippen molar-refractivity contribution in [1.29, 1.82) is 0 Å². The van der Waals surface area contributed by atoms with Gasteiger partial charge in [-0.15, -0.1) is 11.3 Å². The number of esters is 1. The van der Waals surface area contributed by atoms with Gasteiger partial charge in [0.1, 0.15) is 0 Å². The molecule has 0 amide bonds. The molecule has 0 aliphatic carbocycles. The fraction of sp³-hybridized carbons (Fsp3) is 0.231. The van der Waals surface area contributed by atoms with Crippen LogP contribution in [0.25, 0.3) is 0 Å². The highest BCUT2D eigenvalue weighted by molar-refractivity contribution is 7.13. The molecule has 0 fully saturated rings. The molecule has 0 bridgehead atoms. The van der Waals surface area contributed by atoms with Crippen molar-refractivity contribution in [3.63, 3.8) is 0 Å². The number of nitrogens with zero attached hydrogens (tertiary/aromatic N) is 1. The normalized spacial score (nSPS) is 11.3. The van der Waals surface area contributed by atoms with Gasteiger partial charge in [-0.1, -0.05) is 6.07 Å². The van der Waals surface area contributed by atoms with Gasteiger partial charge in [0.2, 0.25) is 0 Å². The predicted molar refractivity (Wildman–Crippen MR) is 72.9 cm³/mol. The Hall–Kier alpha value is -2.09. The second-order valence-electron chi connectivity index (χ2n) is 4.13. The van der Waals surface area contributed by atoms with Crippen molar-refractivity contribution in [3.05, 3.63) is 40.4 Å². The van der Waals surface area contributed by atoms with Crippen molar-refractivity contribution in [1.82, 2.24) is 4.98 Å². The highest BCUT2D eigenvalue weighted by Gasteiger charge is 2.33. The average Bonchev–Trinajstić information content (AvgIpc) is 2.89. The number of carbonyl (C=O) groups excluding carboxylic acids is 1. The summed E-state index contributed by atoms with van der Waals surface area (Å²) in [7, 11) is 1.26. The van der Waals surface area contributed by atoms with Gasteiger partial charge in [0, 0.05) is 11.1 Å². The lowest BCUT2D eigenvalue weighted by Crippen LogP contribution is -2.07. The molecule has 4 nitrogen and oxygen atoms in total. The number of benzene rings is 1. The van der Waals surface area contributed by atoms with Crippen LogP contribution in [-0.4, -0.2) is 18.1 Å². The lowest BCUT2D eigenvalue weighted by Gasteiger charge is -2.10. The molecule has 0 aliphatic heterocycles. The molecule has 0 aliphatic rings. The van der Waals surface area contributed by atoms with Crippen molar-refractivity contribution in [2.75, 3.05) is 12.4 Å². The molecule has 8 heteroatoms. The largest absolute Gasteiger partial charge is 0.465 e. The Morgan fingerprint density at radius 3 is 2.67 bits per heavy atom. The zero-order valence-corrected chi connectivity index (χ0v) is 11.9. The number of anilines is 2. The van der Waals surface area contributed by atoms with Crippen LogP contribution in [0.2, 0.25) is 0 Å². The Morgan fingerprint density at radius 2 is 2.10 bits per heavy atom. The maximum atomic E-state index is 12.5. The number of ether oxygens (including phenoxy) is 1. The molecule has 21 heavy (non-hydrogen) atoms. The highest BCUT2D eigenvalue weighted by atomic mass is 32.1. The standard InChI is InChI=1S/C13H11F3N2O2S/c1-7-8(11(19)20-2)4-3-5-9(7)17-12-18-10(6-21-12)13(14,15)16/h3-6H,1-2H3,(H,17,18). The number of alkyl halides is 3. The van der Waals surface area contributed by atoms with Crippen LogP contribution in [0.5, 0.6) is 0 Å². The summed E-state index contributed by atoms with van der Waals surface area (Å²) in [6, 6.07) is 4.84. The first-order valence-electron chi connectivity index (χ1n) is 5.80. The fourth-order valence-corrected chi connectivity index (χ4v) is 2.41. The minimum atomic E-state index is -4.47. The zero-order valence-electron chi connectivity index (χ0n) is 11.1. The maximum Gasteiger partial charge on any atom is 0.434 e. The van der Waals surface area contributed by atoms with Crippen LogP contribution in [0.1, 0.15) is 21.6 Å². The van der Waals surface area contributed by atoms with E-state index in [2.05, 4.69) is 15.0 Å². The average molecular weight is 316 g/mol. The highest BCUT2D eigenvalue weighted by Crippen LogP contribution is 2.33. The van der Waals surface area contributed by atoms with E-state index in [-0.39, 0.29) is 5.13 Å². The monoisotopic (exact) mass is 316 g/mol. The van der Waals surface area contributed by atoms with Gasteiger partial charge in [-0.25, -0.2) is 9.78 Å². The third-order valence-corrected chi connectivity index (χ3v) is 3.53. The van der Waals surface area contributed by atoms with Gasteiger partial charge >= 0.3 is 12.1 Å². The summed E-state index contributed by atoms with van der Waals surface area (Å²) < 4.78 is 42.1. The van der Waals surface area contributed by atoms with Crippen LogP contribution < -0.4 is 5.32 Å². The van der Waals surface area contributed by atoms with Crippen molar-refractivity contribution in [2.24, 2.45) is 0 Å². The van der Waals surface area contributed by atoms with E-state index in [1.54, 1.807) is 25.1 Å². The third kappa shape index (κ3) is 3.33. The summed E-state index contributed by atoms with van der Waals surface area (Å²) in [5.74, 6) is -0.508. The smallest absolute Gasteiger partial charge is 0.434 e. The summed E-state index contributed by atoms with van der Waals surface area (Å²) in [5.41, 5.74) is 0.473. The Kier molecular flexibility index (Phi) is 4.17. The van der Waals surface area contributed by atoms with Gasteiger partial charge in [-0.05, 0) is 24.6 Å². The third-order valence-electron chi connectivity index (χ3n) is 2.78. The quantitative estimate of drug-likeness (QED) is 0.870. The Balaban J connectivity index is 2.28. The molecule has 2 aromatic rings. The molecule has 0 unspecified atom stereocenters. The Bertz CT molecular complexity index is 668. The molecule has 0 spiro atoms. The maximum absolute atomic E-state index is 12.5. The van der Waals surface area contributed by atoms with Gasteiger partial charge in [0.05, 0.1) is 12.7 Å². The van der Waals surface area contributed by atoms with Gasteiger partial charge in [0.25, 0.3) is 0 Å². The number of aromatic nitrogens is 1. The molecule has 0 atom stereocenters. The van der Waals surface area contributed by atoms with E-state index in [4.69, 9.17) is 0 Å². The molecule has 112 valence electrons. The Labute approximate surface area is 122 Å². The molecular formula is C13H11F3N2O2S. The first-order valence-corrected chi connectivity index (χ1v) is 6.68. The Morgan fingerprint density at radius 1 is 1.38 bits per heavy atom. The number of halogens is 3. The van der Waals surface area contributed by atoms with Crippen molar-refractivity contribution >= 4 is 28.1 Å². The number of methoxy groups -OCH3 is 1. The van der Waals surface area contributed by atoms with E-state index >= 15 is 0 Å². The van der Waals surface area contributed by atoms with Crippen molar-refractivity contribution in [2.45, 2.75) is 13.1 Å². The molecule has 0 saturated carbocycles. The second-order valence-corrected chi connectivity index (χ2v) is 4.99. The van der Waals surface area contributed by atoms with E-state index < -0.39 is 17.8 Å². The first kappa shape index (κ1) is 15.3. The lowest BCUT2D eigenvalue weighted by molar-refractivity contribution is -0.140. The lowest BCUT2D eigenvalue weighted by atomic mass is 10.1. The van der Waals surface area contributed by atoms with Gasteiger partial charge in [-0.3, -0.25) is 0 Å². The molecule has 2 rings (SSSR count). The first-order chi connectivity index (χ1) is 9.82. The SMILES string of the molecule is COC(=O)c1cccc(Nc2nc(C(F)(F)F)cs2)c1C. The van der Waals surface area contributed by atoms with Crippen LogP contribution >= 0.6 is 11.3 Å². The number of rotatable bonds is 3. The molecule has 1 N–H and O–H groups in total. The van der Waals surface area contributed by atoms with Crippen LogP contribution in [-0.2, 0) is 10.9 Å². The van der Waals surface area contributed by atoms with E-state index in [0.29, 0.717) is 16.8 Å². The molecule has 1 aromatic carbocycles. The van der Waals surface area contributed by atoms with Crippen LogP contribution in [0, 0.1) is 6.92 Å². The van der Waals surface area contributed by atoms with Crippen LogP contribution in [0.3, 0.4) is 0 Å². The number of carbonyl (C=O) groups is 1. The van der Waals surface area contributed by atoms with Gasteiger partial charge in [-0.2, -0.15) is 13.2 Å². The summed E-state index contributed by atoms with van der Waals surface area (Å²) in [5, 5.41) is 3.82. The number of hydrogen-bond acceptors (Lipinski definition) is 5. The topological polar surface area (TPSA) is 51.2 Å². The van der Waals surface area contributed by atoms with Crippen LogP contribution in [0.4, 0.5) is 24.0 Å². The molecular weight excluding hydrogens is 305 g/mol. The van der Waals surface area contributed by atoms with Gasteiger partial charge in [0.15, 0.2) is 10.8 Å². The van der Waals surface area contributed by atoms with E-state index in [0.717, 1.165) is 16.7 Å². The second kappa shape index (κ2) is 5.72. The minimum Gasteiger partial charge on any atom is -0.465 e. The van der Waals surface area contributed by atoms with Crippen LogP contribution in [0.15, 0.2) is 23.6 Å². The van der Waals surface area contributed by atoms with Gasteiger partial charge < -0.3 is 10.1 Å². The van der Waals surface area contributed by atoms with E-state index in [1.165, 1.54) is 7.11 Å². The molecule has 1 aromatic heterocycles.